The van der Waals surface area contributed by atoms with Crippen LogP contribution in [0.3, 0.4) is 0 Å². The molecule has 0 bridgehead atoms. The lowest BCUT2D eigenvalue weighted by atomic mass is 9.98. The monoisotopic (exact) mass is 424 g/mol. The van der Waals surface area contributed by atoms with Crippen molar-refractivity contribution in [3.8, 4) is 11.5 Å². The van der Waals surface area contributed by atoms with Crippen molar-refractivity contribution < 1.29 is 9.47 Å². The lowest BCUT2D eigenvalue weighted by Crippen LogP contribution is -2.36. The van der Waals surface area contributed by atoms with Gasteiger partial charge in [0.05, 0.1) is 14.2 Å². The third-order valence-corrected chi connectivity index (χ3v) is 5.87. The number of aliphatic imine (C=N–C) groups is 1. The number of ether oxygens (including phenoxy) is 2. The largest absolute Gasteiger partial charge is 0.493 e. The predicted octanol–water partition coefficient (Wildman–Crippen LogP) is 3.80. The van der Waals surface area contributed by atoms with Crippen molar-refractivity contribution in [2.75, 3.05) is 34.4 Å². The van der Waals surface area contributed by atoms with Crippen LogP contribution in [0.2, 0.25) is 0 Å². The topological polar surface area (TPSA) is 58.1 Å². The molecule has 6 nitrogen and oxygen atoms in total. The number of nitrogens with one attached hydrogen (secondary N) is 2. The number of hydrogen-bond donors (Lipinski definition) is 2. The van der Waals surface area contributed by atoms with Gasteiger partial charge in [0.2, 0.25) is 0 Å². The highest BCUT2D eigenvalue weighted by molar-refractivity contribution is 5.79. The van der Waals surface area contributed by atoms with Crippen LogP contribution >= 0.6 is 0 Å². The number of methoxy groups -OCH3 is 2. The molecule has 1 aliphatic heterocycles. The second-order valence-electron chi connectivity index (χ2n) is 8.25. The maximum Gasteiger partial charge on any atom is 0.191 e. The zero-order valence-electron chi connectivity index (χ0n) is 19.3. The third kappa shape index (κ3) is 6.89. The molecule has 3 rings (SSSR count). The zero-order valence-corrected chi connectivity index (χ0v) is 19.3. The molecule has 0 aliphatic carbocycles. The Morgan fingerprint density at radius 2 is 1.58 bits per heavy atom. The summed E-state index contributed by atoms with van der Waals surface area (Å²) in [5, 5.41) is 6.78. The van der Waals surface area contributed by atoms with Crippen LogP contribution < -0.4 is 20.1 Å². The standard InChI is InChI=1S/C25H36N4O2/c1-19-10-12-29(13-11-19)18-22-7-5-6-20(14-22)16-27-25(26-2)28-17-21-8-9-23(30-3)24(15-21)31-4/h5-9,14-15,19H,10-13,16-18H2,1-4H3,(H2,26,27,28). The number of rotatable bonds is 8. The average molecular weight is 425 g/mol. The Balaban J connectivity index is 1.50. The molecule has 0 atom stereocenters. The van der Waals surface area contributed by atoms with Crippen molar-refractivity contribution in [1.29, 1.82) is 0 Å². The second-order valence-corrected chi connectivity index (χ2v) is 8.25. The molecule has 0 saturated carbocycles. The average Bonchev–Trinajstić information content (AvgIpc) is 2.80. The molecule has 0 spiro atoms. The van der Waals surface area contributed by atoms with Crippen LogP contribution in [0, 0.1) is 5.92 Å². The smallest absolute Gasteiger partial charge is 0.191 e. The van der Waals surface area contributed by atoms with Gasteiger partial charge in [0, 0.05) is 26.7 Å². The Bertz CT molecular complexity index is 860. The number of guanidine groups is 1. The minimum absolute atomic E-state index is 0.646. The Hall–Kier alpha value is -2.73. The van der Waals surface area contributed by atoms with Gasteiger partial charge in [0.15, 0.2) is 17.5 Å². The van der Waals surface area contributed by atoms with Gasteiger partial charge in [-0.25, -0.2) is 0 Å². The van der Waals surface area contributed by atoms with Crippen LogP contribution in [0.15, 0.2) is 47.5 Å². The van der Waals surface area contributed by atoms with Gasteiger partial charge in [-0.3, -0.25) is 9.89 Å². The van der Waals surface area contributed by atoms with Crippen LogP contribution in [0.25, 0.3) is 0 Å². The van der Waals surface area contributed by atoms with Crippen molar-refractivity contribution in [3.63, 3.8) is 0 Å². The highest BCUT2D eigenvalue weighted by Crippen LogP contribution is 2.27. The number of hydrogen-bond acceptors (Lipinski definition) is 4. The maximum atomic E-state index is 5.38. The minimum atomic E-state index is 0.646. The van der Waals surface area contributed by atoms with E-state index in [1.54, 1.807) is 21.3 Å². The fourth-order valence-electron chi connectivity index (χ4n) is 3.90. The lowest BCUT2D eigenvalue weighted by Gasteiger charge is -2.30. The van der Waals surface area contributed by atoms with Crippen LogP contribution in [0.4, 0.5) is 0 Å². The van der Waals surface area contributed by atoms with Gasteiger partial charge in [-0.05, 0) is 60.7 Å². The number of piperidine rings is 1. The molecule has 1 fully saturated rings. The third-order valence-electron chi connectivity index (χ3n) is 5.87. The first kappa shape index (κ1) is 22.9. The molecule has 2 aromatic rings. The highest BCUT2D eigenvalue weighted by atomic mass is 16.5. The van der Waals surface area contributed by atoms with Crippen molar-refractivity contribution in [2.45, 2.75) is 39.4 Å². The van der Waals surface area contributed by atoms with Crippen molar-refractivity contribution in [1.82, 2.24) is 15.5 Å². The summed E-state index contributed by atoms with van der Waals surface area (Å²) in [7, 11) is 5.08. The van der Waals surface area contributed by atoms with Crippen LogP contribution in [0.5, 0.6) is 11.5 Å². The molecule has 0 radical (unpaired) electrons. The Kier molecular flexibility index (Phi) is 8.59. The van der Waals surface area contributed by atoms with E-state index in [-0.39, 0.29) is 0 Å². The van der Waals surface area contributed by atoms with Crippen LogP contribution in [-0.2, 0) is 19.6 Å². The SMILES string of the molecule is CN=C(NCc1cccc(CN2CCC(C)CC2)c1)NCc1ccc(OC)c(OC)c1. The van der Waals surface area contributed by atoms with Crippen LogP contribution in [0.1, 0.15) is 36.5 Å². The first-order valence-electron chi connectivity index (χ1n) is 11.1. The Labute approximate surface area is 186 Å². The molecule has 0 aromatic heterocycles. The molecule has 2 aromatic carbocycles. The van der Waals surface area contributed by atoms with E-state index in [9.17, 15) is 0 Å². The van der Waals surface area contributed by atoms with E-state index in [1.165, 1.54) is 37.1 Å². The Morgan fingerprint density at radius 1 is 0.935 bits per heavy atom. The quantitative estimate of drug-likeness (QED) is 0.499. The zero-order chi connectivity index (χ0) is 22.1. The van der Waals surface area contributed by atoms with Crippen LogP contribution in [-0.4, -0.2) is 45.2 Å². The fraction of sp³-hybridized carbons (Fsp3) is 0.480. The molecule has 31 heavy (non-hydrogen) atoms. The van der Waals surface area contributed by atoms with Gasteiger partial charge in [-0.2, -0.15) is 0 Å². The molecule has 2 N–H and O–H groups in total. The summed E-state index contributed by atoms with van der Waals surface area (Å²) in [6, 6.07) is 14.8. The number of likely N-dealkylation sites (tertiary alicyclic amines) is 1. The molecule has 1 aliphatic rings. The molecule has 6 heteroatoms. The van der Waals surface area contributed by atoms with E-state index in [4.69, 9.17) is 9.47 Å². The second kappa shape index (κ2) is 11.6. The Morgan fingerprint density at radius 3 is 2.23 bits per heavy atom. The van der Waals surface area contributed by atoms with Gasteiger partial charge >= 0.3 is 0 Å². The van der Waals surface area contributed by atoms with E-state index in [2.05, 4.69) is 51.7 Å². The van der Waals surface area contributed by atoms with Gasteiger partial charge in [-0.1, -0.05) is 37.3 Å². The van der Waals surface area contributed by atoms with E-state index in [1.807, 2.05) is 18.2 Å². The predicted molar refractivity (Wildman–Crippen MR) is 127 cm³/mol. The normalized spacial score (nSPS) is 15.5. The fourth-order valence-corrected chi connectivity index (χ4v) is 3.90. The molecule has 0 unspecified atom stereocenters. The maximum absolute atomic E-state index is 5.38. The summed E-state index contributed by atoms with van der Waals surface area (Å²) in [4.78, 5) is 6.91. The van der Waals surface area contributed by atoms with Crippen molar-refractivity contribution in [2.24, 2.45) is 10.9 Å². The summed E-state index contributed by atoms with van der Waals surface area (Å²) in [5.74, 6) is 3.09. The van der Waals surface area contributed by atoms with Gasteiger partial charge in [0.25, 0.3) is 0 Å². The van der Waals surface area contributed by atoms with Gasteiger partial charge in [0.1, 0.15) is 0 Å². The van der Waals surface area contributed by atoms with E-state index in [0.717, 1.165) is 42.0 Å². The summed E-state index contributed by atoms with van der Waals surface area (Å²) in [5.41, 5.74) is 3.73. The summed E-state index contributed by atoms with van der Waals surface area (Å²) in [6.45, 7) is 7.18. The molecule has 168 valence electrons. The summed E-state index contributed by atoms with van der Waals surface area (Å²) >= 11 is 0. The molecule has 1 saturated heterocycles. The number of nitrogens with zero attached hydrogens (tertiary/aromatic N) is 2. The highest BCUT2D eigenvalue weighted by Gasteiger charge is 2.15. The molecule has 0 amide bonds. The van der Waals surface area contributed by atoms with Gasteiger partial charge in [-0.15, -0.1) is 0 Å². The van der Waals surface area contributed by atoms with E-state index >= 15 is 0 Å². The first-order chi connectivity index (χ1) is 15.1. The number of benzene rings is 2. The van der Waals surface area contributed by atoms with Gasteiger partial charge < -0.3 is 20.1 Å². The molecular weight excluding hydrogens is 388 g/mol. The molecular formula is C25H36N4O2. The minimum Gasteiger partial charge on any atom is -0.493 e. The van der Waals surface area contributed by atoms with E-state index < -0.39 is 0 Å². The summed E-state index contributed by atoms with van der Waals surface area (Å²) < 4.78 is 10.7. The first-order valence-corrected chi connectivity index (χ1v) is 11.1. The van der Waals surface area contributed by atoms with Crippen molar-refractivity contribution >= 4 is 5.96 Å². The lowest BCUT2D eigenvalue weighted by molar-refractivity contribution is 0.185. The molecule has 1 heterocycles. The summed E-state index contributed by atoms with van der Waals surface area (Å²) in [6.07, 6.45) is 2.62. The van der Waals surface area contributed by atoms with E-state index in [0.29, 0.717) is 6.54 Å². The van der Waals surface area contributed by atoms with Crippen molar-refractivity contribution in [3.05, 3.63) is 59.2 Å².